The number of benzene rings is 3. The first kappa shape index (κ1) is 17.7. The second kappa shape index (κ2) is 10.4. The minimum Gasteiger partial charge on any atom is -0.0683 e. The first-order valence-corrected chi connectivity index (χ1v) is 8.15. The van der Waals surface area contributed by atoms with Crippen LogP contribution in [0.4, 0.5) is 0 Å². The van der Waals surface area contributed by atoms with Gasteiger partial charge in [0.15, 0.2) is 0 Å². The number of hydrogen-bond acceptors (Lipinski definition) is 0. The fraction of sp³-hybridized carbons (Fsp3) is 0.182. The van der Waals surface area contributed by atoms with Crippen LogP contribution >= 0.6 is 0 Å². The van der Waals surface area contributed by atoms with E-state index in [4.69, 9.17) is 0 Å². The Kier molecular flexibility index (Phi) is 8.37. The van der Waals surface area contributed by atoms with Gasteiger partial charge in [0.2, 0.25) is 0 Å². The molecule has 0 bridgehead atoms. The Bertz CT molecular complexity index is 566. The van der Waals surface area contributed by atoms with Crippen LogP contribution in [0.2, 0.25) is 0 Å². The molecule has 0 radical (unpaired) electrons. The molecular formula is C22H26. The molecule has 0 saturated heterocycles. The third-order valence-electron chi connectivity index (χ3n) is 3.10. The summed E-state index contributed by atoms with van der Waals surface area (Å²) in [6, 6.07) is 29.6. The Morgan fingerprint density at radius 1 is 0.364 bits per heavy atom. The monoisotopic (exact) mass is 290 g/mol. The van der Waals surface area contributed by atoms with Gasteiger partial charge in [-0.1, -0.05) is 113 Å². The molecular weight excluding hydrogens is 264 g/mol. The largest absolute Gasteiger partial charge is 0.0683 e. The van der Waals surface area contributed by atoms with Gasteiger partial charge >= 0.3 is 0 Å². The van der Waals surface area contributed by atoms with Gasteiger partial charge in [-0.2, -0.15) is 0 Å². The molecule has 0 heteroatoms. The molecule has 114 valence electrons. The van der Waals surface area contributed by atoms with E-state index in [0.717, 1.165) is 0 Å². The van der Waals surface area contributed by atoms with Crippen molar-refractivity contribution in [3.05, 3.63) is 84.9 Å². The van der Waals surface area contributed by atoms with E-state index in [2.05, 4.69) is 84.9 Å². The summed E-state index contributed by atoms with van der Waals surface area (Å²) in [5.41, 5.74) is 5.09. The van der Waals surface area contributed by atoms with E-state index >= 15 is 0 Å². The average molecular weight is 290 g/mol. The van der Waals surface area contributed by atoms with Gasteiger partial charge in [-0.25, -0.2) is 0 Å². The molecule has 0 saturated carbocycles. The van der Waals surface area contributed by atoms with Crippen LogP contribution in [-0.4, -0.2) is 0 Å². The molecule has 0 nitrogen and oxygen atoms in total. The zero-order valence-corrected chi connectivity index (χ0v) is 14.1. The molecule has 0 fully saturated rings. The molecule has 0 heterocycles. The van der Waals surface area contributed by atoms with Crippen LogP contribution in [-0.2, 0) is 0 Å². The van der Waals surface area contributed by atoms with E-state index in [1.165, 1.54) is 22.3 Å². The van der Waals surface area contributed by atoms with Crippen molar-refractivity contribution in [3.8, 4) is 22.3 Å². The van der Waals surface area contributed by atoms with Crippen LogP contribution in [0.5, 0.6) is 0 Å². The fourth-order valence-corrected chi connectivity index (χ4v) is 2.22. The maximum Gasteiger partial charge on any atom is -0.0105 e. The maximum atomic E-state index is 2.18. The lowest BCUT2D eigenvalue weighted by atomic mass is 9.95. The highest BCUT2D eigenvalue weighted by molar-refractivity contribution is 5.83. The van der Waals surface area contributed by atoms with Gasteiger partial charge in [0.25, 0.3) is 0 Å². The Balaban J connectivity index is 0.000000561. The summed E-state index contributed by atoms with van der Waals surface area (Å²) in [6.45, 7) is 8.00. The zero-order valence-electron chi connectivity index (χ0n) is 14.1. The molecule has 0 aliphatic heterocycles. The molecule has 0 N–H and O–H groups in total. The molecule has 3 aromatic rings. The first-order valence-electron chi connectivity index (χ1n) is 8.15. The van der Waals surface area contributed by atoms with Gasteiger partial charge < -0.3 is 0 Å². The molecule has 0 aliphatic rings. The summed E-state index contributed by atoms with van der Waals surface area (Å²) in [7, 11) is 0. The van der Waals surface area contributed by atoms with Crippen LogP contribution < -0.4 is 0 Å². The third-order valence-corrected chi connectivity index (χ3v) is 3.10. The van der Waals surface area contributed by atoms with Gasteiger partial charge in [-0.15, -0.1) is 0 Å². The summed E-state index contributed by atoms with van der Waals surface area (Å²) in [5.74, 6) is 0. The summed E-state index contributed by atoms with van der Waals surface area (Å²) in [5, 5.41) is 0. The van der Waals surface area contributed by atoms with Crippen molar-refractivity contribution in [2.24, 2.45) is 0 Å². The smallest absolute Gasteiger partial charge is 0.0105 e. The Morgan fingerprint density at radius 2 is 0.636 bits per heavy atom. The molecule has 0 unspecified atom stereocenters. The lowest BCUT2D eigenvalue weighted by Gasteiger charge is -2.09. The second-order valence-electron chi connectivity index (χ2n) is 4.28. The van der Waals surface area contributed by atoms with Crippen molar-refractivity contribution in [2.75, 3.05) is 0 Å². The van der Waals surface area contributed by atoms with Crippen LogP contribution in [0.25, 0.3) is 22.3 Å². The number of rotatable bonds is 2. The van der Waals surface area contributed by atoms with Crippen molar-refractivity contribution < 1.29 is 0 Å². The minimum atomic E-state index is 1.26. The van der Waals surface area contributed by atoms with E-state index in [0.29, 0.717) is 0 Å². The Labute approximate surface area is 135 Å². The molecule has 0 amide bonds. The Hall–Kier alpha value is -2.34. The van der Waals surface area contributed by atoms with Crippen molar-refractivity contribution in [2.45, 2.75) is 27.7 Å². The molecule has 3 aromatic carbocycles. The van der Waals surface area contributed by atoms with Crippen molar-refractivity contribution in [3.63, 3.8) is 0 Å². The molecule has 0 spiro atoms. The van der Waals surface area contributed by atoms with E-state index in [1.54, 1.807) is 0 Å². The van der Waals surface area contributed by atoms with Crippen LogP contribution in [0.1, 0.15) is 27.7 Å². The molecule has 0 aromatic heterocycles. The van der Waals surface area contributed by atoms with E-state index < -0.39 is 0 Å². The van der Waals surface area contributed by atoms with Gasteiger partial charge in [-0.05, 0) is 22.3 Å². The second-order valence-corrected chi connectivity index (χ2v) is 4.28. The molecule has 0 aliphatic carbocycles. The fourth-order valence-electron chi connectivity index (χ4n) is 2.22. The highest BCUT2D eigenvalue weighted by atomic mass is 14.1. The number of hydrogen-bond donors (Lipinski definition) is 0. The Morgan fingerprint density at radius 3 is 0.955 bits per heavy atom. The molecule has 0 atom stereocenters. The van der Waals surface area contributed by atoms with Gasteiger partial charge in [0, 0.05) is 0 Å². The zero-order chi connectivity index (χ0) is 16.2. The van der Waals surface area contributed by atoms with Crippen molar-refractivity contribution in [1.82, 2.24) is 0 Å². The molecule has 22 heavy (non-hydrogen) atoms. The minimum absolute atomic E-state index is 1.26. The van der Waals surface area contributed by atoms with Crippen molar-refractivity contribution >= 4 is 0 Å². The predicted octanol–water partition coefficient (Wildman–Crippen LogP) is 7.07. The summed E-state index contributed by atoms with van der Waals surface area (Å²) >= 11 is 0. The van der Waals surface area contributed by atoms with E-state index in [1.807, 2.05) is 27.7 Å². The SMILES string of the molecule is CC.CC.c1ccc(-c2ccccc2-c2ccccc2)cc1. The van der Waals surface area contributed by atoms with E-state index in [9.17, 15) is 0 Å². The van der Waals surface area contributed by atoms with Crippen LogP contribution in [0, 0.1) is 0 Å². The highest BCUT2D eigenvalue weighted by Gasteiger charge is 2.05. The third kappa shape index (κ3) is 4.60. The van der Waals surface area contributed by atoms with Crippen LogP contribution in [0.3, 0.4) is 0 Å². The maximum absolute atomic E-state index is 2.18. The van der Waals surface area contributed by atoms with Gasteiger partial charge in [-0.3, -0.25) is 0 Å². The van der Waals surface area contributed by atoms with Crippen LogP contribution in [0.15, 0.2) is 84.9 Å². The lowest BCUT2D eigenvalue weighted by Crippen LogP contribution is -1.83. The summed E-state index contributed by atoms with van der Waals surface area (Å²) in [4.78, 5) is 0. The molecule has 3 rings (SSSR count). The standard InChI is InChI=1S/C18H14.2C2H6/c1-3-9-15(10-4-1)17-13-7-8-14-18(17)16-11-5-2-6-12-16;2*1-2/h1-14H;2*1-2H3. The van der Waals surface area contributed by atoms with Gasteiger partial charge in [0.1, 0.15) is 0 Å². The summed E-state index contributed by atoms with van der Waals surface area (Å²) in [6.07, 6.45) is 0. The van der Waals surface area contributed by atoms with Crippen molar-refractivity contribution in [1.29, 1.82) is 0 Å². The van der Waals surface area contributed by atoms with Gasteiger partial charge in [0.05, 0.1) is 0 Å². The summed E-state index contributed by atoms with van der Waals surface area (Å²) < 4.78 is 0. The average Bonchev–Trinajstić information content (AvgIpc) is 2.66. The quantitative estimate of drug-likeness (QED) is 0.473. The predicted molar refractivity (Wildman–Crippen MR) is 100 cm³/mol. The topological polar surface area (TPSA) is 0 Å². The normalized spacial score (nSPS) is 8.91. The van der Waals surface area contributed by atoms with E-state index in [-0.39, 0.29) is 0 Å². The first-order chi connectivity index (χ1) is 10.9. The lowest BCUT2D eigenvalue weighted by molar-refractivity contribution is 1.50. The highest BCUT2D eigenvalue weighted by Crippen LogP contribution is 2.31.